The average Bonchev–Trinajstić information content (AvgIpc) is 3.23. The largest absolute Gasteiger partial charge is 0.494 e. The number of rotatable bonds is 14. The summed E-state index contributed by atoms with van der Waals surface area (Å²) >= 11 is 1.60. The van der Waals surface area contributed by atoms with E-state index in [2.05, 4.69) is 18.7 Å². The van der Waals surface area contributed by atoms with Crippen molar-refractivity contribution in [3.05, 3.63) is 52.7 Å². The number of nitrogens with zero attached hydrogens (tertiary/aromatic N) is 1. The second kappa shape index (κ2) is 13.3. The van der Waals surface area contributed by atoms with Gasteiger partial charge in [-0.25, -0.2) is 0 Å². The van der Waals surface area contributed by atoms with Crippen molar-refractivity contribution in [3.8, 4) is 5.75 Å². The molecule has 0 aliphatic rings. The Kier molecular flexibility index (Phi) is 10.7. The van der Waals surface area contributed by atoms with E-state index in [1.807, 2.05) is 47.8 Å². The molecule has 154 valence electrons. The Hall–Kier alpha value is -1.85. The molecule has 0 spiro atoms. The number of benzene rings is 1. The van der Waals surface area contributed by atoms with Crippen LogP contribution in [0.4, 0.5) is 0 Å². The van der Waals surface area contributed by atoms with E-state index >= 15 is 0 Å². The zero-order chi connectivity index (χ0) is 20.0. The fourth-order valence-corrected chi connectivity index (χ4v) is 3.70. The maximum absolute atomic E-state index is 12.0. The molecule has 4 nitrogen and oxygen atoms in total. The van der Waals surface area contributed by atoms with Gasteiger partial charge in [-0.2, -0.15) is 0 Å². The summed E-state index contributed by atoms with van der Waals surface area (Å²) in [6, 6.07) is 13.9. The van der Waals surface area contributed by atoms with Crippen LogP contribution in [-0.4, -0.2) is 43.7 Å². The van der Waals surface area contributed by atoms with Crippen LogP contribution in [0.1, 0.15) is 38.0 Å². The molecular formula is C23H33NO3S. The predicted octanol–water partition coefficient (Wildman–Crippen LogP) is 5.04. The molecule has 0 bridgehead atoms. The summed E-state index contributed by atoms with van der Waals surface area (Å²) < 4.78 is 11.3. The summed E-state index contributed by atoms with van der Waals surface area (Å²) in [5.74, 6) is 1.23. The molecule has 0 amide bonds. The van der Waals surface area contributed by atoms with Crippen molar-refractivity contribution >= 4 is 17.3 Å². The molecule has 0 N–H and O–H groups in total. The number of hydrogen-bond donors (Lipinski definition) is 0. The van der Waals surface area contributed by atoms with Crippen molar-refractivity contribution in [3.63, 3.8) is 0 Å². The highest BCUT2D eigenvalue weighted by molar-refractivity contribution is 7.10. The number of esters is 1. The Morgan fingerprint density at radius 2 is 1.93 bits per heavy atom. The highest BCUT2D eigenvalue weighted by Gasteiger charge is 2.13. The summed E-state index contributed by atoms with van der Waals surface area (Å²) in [5, 5.41) is 1.99. The predicted molar refractivity (Wildman–Crippen MR) is 116 cm³/mol. The van der Waals surface area contributed by atoms with Crippen LogP contribution in [-0.2, 0) is 16.0 Å². The molecule has 28 heavy (non-hydrogen) atoms. The number of ether oxygens (including phenoxy) is 2. The van der Waals surface area contributed by atoms with Crippen LogP contribution in [0.2, 0.25) is 0 Å². The molecule has 1 heterocycles. The highest BCUT2D eigenvalue weighted by Crippen LogP contribution is 2.14. The average molecular weight is 404 g/mol. The monoisotopic (exact) mass is 403 g/mol. The van der Waals surface area contributed by atoms with Crippen molar-refractivity contribution < 1.29 is 14.3 Å². The van der Waals surface area contributed by atoms with E-state index in [-0.39, 0.29) is 5.97 Å². The lowest BCUT2D eigenvalue weighted by Gasteiger charge is -2.23. The first-order chi connectivity index (χ1) is 13.7. The zero-order valence-corrected chi connectivity index (χ0v) is 18.0. The Morgan fingerprint density at radius 1 is 1.11 bits per heavy atom. The lowest BCUT2D eigenvalue weighted by molar-refractivity contribution is -0.144. The van der Waals surface area contributed by atoms with Crippen molar-refractivity contribution in [2.45, 2.75) is 39.5 Å². The highest BCUT2D eigenvalue weighted by atomic mass is 32.1. The van der Waals surface area contributed by atoms with E-state index in [0.717, 1.165) is 56.1 Å². The van der Waals surface area contributed by atoms with Gasteiger partial charge >= 0.3 is 5.97 Å². The van der Waals surface area contributed by atoms with Gasteiger partial charge in [-0.15, -0.1) is 11.3 Å². The molecule has 1 aromatic carbocycles. The molecule has 1 unspecified atom stereocenters. The normalized spacial score (nSPS) is 12.1. The third kappa shape index (κ3) is 8.89. The smallest absolute Gasteiger partial charge is 0.311 e. The summed E-state index contributed by atoms with van der Waals surface area (Å²) in [7, 11) is 0. The Balaban J connectivity index is 1.60. The van der Waals surface area contributed by atoms with Crippen LogP contribution in [0.5, 0.6) is 5.75 Å². The van der Waals surface area contributed by atoms with E-state index in [1.54, 1.807) is 11.3 Å². The van der Waals surface area contributed by atoms with Crippen molar-refractivity contribution in [2.75, 3.05) is 32.8 Å². The van der Waals surface area contributed by atoms with Gasteiger partial charge in [0.1, 0.15) is 5.75 Å². The third-order valence-corrected chi connectivity index (χ3v) is 5.76. The fourth-order valence-electron chi connectivity index (χ4n) is 3.01. The molecule has 0 saturated heterocycles. The van der Waals surface area contributed by atoms with E-state index < -0.39 is 0 Å². The molecule has 0 fully saturated rings. The lowest BCUT2D eigenvalue weighted by Crippen LogP contribution is -2.29. The van der Waals surface area contributed by atoms with Crippen LogP contribution < -0.4 is 4.74 Å². The maximum Gasteiger partial charge on any atom is 0.311 e. The summed E-state index contributed by atoms with van der Waals surface area (Å²) in [6.45, 7) is 8.70. The molecule has 1 atom stereocenters. The second-order valence-electron chi connectivity index (χ2n) is 6.95. The van der Waals surface area contributed by atoms with Crippen LogP contribution in [0.15, 0.2) is 47.8 Å². The Bertz CT molecular complexity index is 645. The quantitative estimate of drug-likeness (QED) is 0.327. The van der Waals surface area contributed by atoms with Gasteiger partial charge < -0.3 is 14.4 Å². The van der Waals surface area contributed by atoms with Crippen LogP contribution in [0.3, 0.4) is 0 Å². The molecular weight excluding hydrogens is 370 g/mol. The maximum atomic E-state index is 12.0. The molecule has 1 aromatic heterocycles. The minimum Gasteiger partial charge on any atom is -0.494 e. The summed E-state index contributed by atoms with van der Waals surface area (Å²) in [6.07, 6.45) is 3.48. The van der Waals surface area contributed by atoms with E-state index in [9.17, 15) is 4.79 Å². The van der Waals surface area contributed by atoms with Gasteiger partial charge in [0, 0.05) is 11.4 Å². The van der Waals surface area contributed by atoms with Crippen LogP contribution in [0, 0.1) is 5.92 Å². The molecule has 5 heteroatoms. The van der Waals surface area contributed by atoms with Gasteiger partial charge in [0.25, 0.3) is 0 Å². The SMILES string of the molecule is CCC(CCN(CC)CCCOc1ccccc1)COC(=O)Cc1cccs1. The first kappa shape index (κ1) is 22.4. The van der Waals surface area contributed by atoms with E-state index in [0.29, 0.717) is 18.9 Å². The van der Waals surface area contributed by atoms with Gasteiger partial charge in [-0.1, -0.05) is 44.5 Å². The Morgan fingerprint density at radius 3 is 2.61 bits per heavy atom. The second-order valence-corrected chi connectivity index (χ2v) is 7.98. The minimum atomic E-state index is -0.119. The topological polar surface area (TPSA) is 38.8 Å². The van der Waals surface area contributed by atoms with Crippen molar-refractivity contribution in [1.29, 1.82) is 0 Å². The molecule has 2 aromatic rings. The first-order valence-electron chi connectivity index (χ1n) is 10.3. The van der Waals surface area contributed by atoms with Gasteiger partial charge in [0.05, 0.1) is 19.6 Å². The zero-order valence-electron chi connectivity index (χ0n) is 17.1. The van der Waals surface area contributed by atoms with Crippen LogP contribution >= 0.6 is 11.3 Å². The van der Waals surface area contributed by atoms with Crippen molar-refractivity contribution in [2.24, 2.45) is 5.92 Å². The van der Waals surface area contributed by atoms with Gasteiger partial charge in [0.15, 0.2) is 0 Å². The molecule has 0 aliphatic carbocycles. The van der Waals surface area contributed by atoms with Gasteiger partial charge in [0.2, 0.25) is 0 Å². The molecule has 2 rings (SSSR count). The molecule has 0 aliphatic heterocycles. The third-order valence-electron chi connectivity index (χ3n) is 4.89. The number of hydrogen-bond acceptors (Lipinski definition) is 5. The number of thiophene rings is 1. The first-order valence-corrected chi connectivity index (χ1v) is 11.2. The molecule has 0 radical (unpaired) electrons. The van der Waals surface area contributed by atoms with Crippen molar-refractivity contribution in [1.82, 2.24) is 4.90 Å². The minimum absolute atomic E-state index is 0.119. The van der Waals surface area contributed by atoms with Gasteiger partial charge in [-0.05, 0) is 55.4 Å². The lowest BCUT2D eigenvalue weighted by atomic mass is 10.0. The summed E-state index contributed by atoms with van der Waals surface area (Å²) in [4.78, 5) is 15.5. The molecule has 0 saturated carbocycles. The van der Waals surface area contributed by atoms with E-state index in [1.165, 1.54) is 0 Å². The van der Waals surface area contributed by atoms with E-state index in [4.69, 9.17) is 9.47 Å². The van der Waals surface area contributed by atoms with Crippen LogP contribution in [0.25, 0.3) is 0 Å². The number of carbonyl (C=O) groups is 1. The fraction of sp³-hybridized carbons (Fsp3) is 0.522. The Labute approximate surface area is 173 Å². The van der Waals surface area contributed by atoms with Gasteiger partial charge in [-0.3, -0.25) is 4.79 Å². The standard InChI is InChI=1S/C23H33NO3S/c1-3-20(19-27-23(25)18-22-12-8-17-28-22)13-15-24(4-2)14-9-16-26-21-10-6-5-7-11-21/h5-8,10-12,17,20H,3-4,9,13-16,18-19H2,1-2H3. The summed E-state index contributed by atoms with van der Waals surface area (Å²) in [5.41, 5.74) is 0. The number of carbonyl (C=O) groups excluding carboxylic acids is 1. The number of para-hydroxylation sites is 1.